The van der Waals surface area contributed by atoms with E-state index in [1.807, 2.05) is 53.2 Å². The van der Waals surface area contributed by atoms with E-state index in [0.29, 0.717) is 11.5 Å². The zero-order chi connectivity index (χ0) is 16.5. The second-order valence-electron chi connectivity index (χ2n) is 6.43. The molecule has 0 unspecified atom stereocenters. The van der Waals surface area contributed by atoms with E-state index in [1.165, 1.54) is 0 Å². The van der Waals surface area contributed by atoms with Gasteiger partial charge in [-0.1, -0.05) is 12.1 Å². The van der Waals surface area contributed by atoms with Gasteiger partial charge in [0.15, 0.2) is 11.5 Å². The van der Waals surface area contributed by atoms with E-state index >= 15 is 0 Å². The lowest BCUT2D eigenvalue weighted by atomic mass is 10.2. The van der Waals surface area contributed by atoms with Gasteiger partial charge in [0.2, 0.25) is 6.10 Å². The minimum Gasteiger partial charge on any atom is -0.485 e. The zero-order valence-electron chi connectivity index (χ0n) is 13.7. The van der Waals surface area contributed by atoms with Crippen LogP contribution >= 0.6 is 0 Å². The molecule has 1 fully saturated rings. The molecule has 1 aromatic heterocycles. The molecule has 0 radical (unpaired) electrons. The molecule has 1 aromatic carbocycles. The van der Waals surface area contributed by atoms with Crippen molar-refractivity contribution in [2.75, 3.05) is 13.2 Å². The third-order valence-corrected chi connectivity index (χ3v) is 4.60. The summed E-state index contributed by atoms with van der Waals surface area (Å²) in [5.41, 5.74) is 1.13. The van der Waals surface area contributed by atoms with Gasteiger partial charge >= 0.3 is 0 Å². The second kappa shape index (κ2) is 6.19. The van der Waals surface area contributed by atoms with Gasteiger partial charge in [-0.15, -0.1) is 0 Å². The number of likely N-dealkylation sites (tertiary alicyclic amines) is 1. The SMILES string of the molecule is Cc1cnn(C[C@H]2CCCN2C(=O)[C@H]2COc3ccccc3O2)c1. The molecule has 3 heterocycles. The molecule has 2 aliphatic heterocycles. The van der Waals surface area contributed by atoms with E-state index in [-0.39, 0.29) is 18.6 Å². The van der Waals surface area contributed by atoms with Crippen molar-refractivity contribution in [2.45, 2.75) is 38.5 Å². The first-order valence-corrected chi connectivity index (χ1v) is 8.39. The Kier molecular flexibility index (Phi) is 3.88. The molecule has 1 saturated heterocycles. The molecule has 0 spiro atoms. The van der Waals surface area contributed by atoms with Gasteiger partial charge in [0.1, 0.15) is 6.61 Å². The summed E-state index contributed by atoms with van der Waals surface area (Å²) in [6.45, 7) is 3.78. The number of hydrogen-bond acceptors (Lipinski definition) is 4. The summed E-state index contributed by atoms with van der Waals surface area (Å²) in [5.74, 6) is 1.35. The molecule has 6 nitrogen and oxygen atoms in total. The van der Waals surface area contributed by atoms with E-state index in [4.69, 9.17) is 9.47 Å². The second-order valence-corrected chi connectivity index (χ2v) is 6.43. The average molecular weight is 327 g/mol. The first kappa shape index (κ1) is 15.1. The Balaban J connectivity index is 1.45. The Morgan fingerprint density at radius 1 is 1.33 bits per heavy atom. The van der Waals surface area contributed by atoms with E-state index in [2.05, 4.69) is 5.10 Å². The van der Waals surface area contributed by atoms with E-state index < -0.39 is 6.10 Å². The van der Waals surface area contributed by atoms with Gasteiger partial charge in [-0.05, 0) is 37.5 Å². The molecule has 4 rings (SSSR count). The lowest BCUT2D eigenvalue weighted by Crippen LogP contribution is -2.49. The van der Waals surface area contributed by atoms with Crippen molar-refractivity contribution in [2.24, 2.45) is 0 Å². The van der Waals surface area contributed by atoms with Crippen LogP contribution in [0, 0.1) is 6.92 Å². The molecule has 2 atom stereocenters. The predicted molar refractivity (Wildman–Crippen MR) is 88.1 cm³/mol. The maximum absolute atomic E-state index is 12.9. The number of benzene rings is 1. The van der Waals surface area contributed by atoms with Crippen molar-refractivity contribution < 1.29 is 14.3 Å². The van der Waals surface area contributed by atoms with Crippen molar-refractivity contribution in [3.8, 4) is 11.5 Å². The Labute approximate surface area is 141 Å². The summed E-state index contributed by atoms with van der Waals surface area (Å²) in [6.07, 6.45) is 5.29. The molecule has 24 heavy (non-hydrogen) atoms. The highest BCUT2D eigenvalue weighted by Crippen LogP contribution is 2.32. The quantitative estimate of drug-likeness (QED) is 0.865. The molecule has 0 N–H and O–H groups in total. The van der Waals surface area contributed by atoms with Crippen LogP contribution < -0.4 is 9.47 Å². The average Bonchev–Trinajstić information content (AvgIpc) is 3.23. The highest BCUT2D eigenvalue weighted by molar-refractivity contribution is 5.82. The number of carbonyl (C=O) groups excluding carboxylic acids is 1. The van der Waals surface area contributed by atoms with Crippen LogP contribution in [-0.4, -0.2) is 45.9 Å². The summed E-state index contributed by atoms with van der Waals surface area (Å²) in [6, 6.07) is 7.63. The number of aromatic nitrogens is 2. The minimum absolute atomic E-state index is 0.0101. The summed E-state index contributed by atoms with van der Waals surface area (Å²) in [5, 5.41) is 4.34. The van der Waals surface area contributed by atoms with Crippen LogP contribution in [0.15, 0.2) is 36.7 Å². The number of fused-ring (bicyclic) bond motifs is 1. The lowest BCUT2D eigenvalue weighted by molar-refractivity contribution is -0.142. The maximum Gasteiger partial charge on any atom is 0.267 e. The van der Waals surface area contributed by atoms with Crippen LogP contribution in [0.25, 0.3) is 0 Å². The lowest BCUT2D eigenvalue weighted by Gasteiger charge is -2.31. The number of ether oxygens (including phenoxy) is 2. The van der Waals surface area contributed by atoms with E-state index in [0.717, 1.165) is 31.5 Å². The van der Waals surface area contributed by atoms with Crippen molar-refractivity contribution in [1.82, 2.24) is 14.7 Å². The van der Waals surface area contributed by atoms with Gasteiger partial charge in [-0.2, -0.15) is 5.10 Å². The summed E-state index contributed by atoms with van der Waals surface area (Å²) >= 11 is 0. The standard InChI is InChI=1S/C18H21N3O3/c1-13-9-19-20(10-13)11-14-5-4-8-21(14)18(22)17-12-23-15-6-2-3-7-16(15)24-17/h2-3,6-7,9-10,14,17H,4-5,8,11-12H2,1H3/t14-,17-/m1/s1. The smallest absolute Gasteiger partial charge is 0.267 e. The van der Waals surface area contributed by atoms with Crippen LogP contribution in [0.4, 0.5) is 0 Å². The predicted octanol–water partition coefficient (Wildman–Crippen LogP) is 2.02. The normalized spacial score (nSPS) is 22.6. The van der Waals surface area contributed by atoms with Gasteiger partial charge in [-0.25, -0.2) is 0 Å². The van der Waals surface area contributed by atoms with Gasteiger partial charge in [-0.3, -0.25) is 9.48 Å². The molecule has 2 aromatic rings. The third-order valence-electron chi connectivity index (χ3n) is 4.60. The van der Waals surface area contributed by atoms with Gasteiger partial charge in [0, 0.05) is 12.7 Å². The number of aryl methyl sites for hydroxylation is 1. The van der Waals surface area contributed by atoms with E-state index in [1.54, 1.807) is 0 Å². The molecule has 1 amide bonds. The minimum atomic E-state index is -0.570. The third kappa shape index (κ3) is 2.84. The monoisotopic (exact) mass is 327 g/mol. The fourth-order valence-electron chi connectivity index (χ4n) is 3.42. The van der Waals surface area contributed by atoms with E-state index in [9.17, 15) is 4.79 Å². The van der Waals surface area contributed by atoms with Crippen LogP contribution in [-0.2, 0) is 11.3 Å². The van der Waals surface area contributed by atoms with Crippen molar-refractivity contribution in [3.05, 3.63) is 42.2 Å². The Hall–Kier alpha value is -2.50. The van der Waals surface area contributed by atoms with Gasteiger partial charge in [0.25, 0.3) is 5.91 Å². The summed E-state index contributed by atoms with van der Waals surface area (Å²) in [4.78, 5) is 14.8. The summed E-state index contributed by atoms with van der Waals surface area (Å²) in [7, 11) is 0. The highest BCUT2D eigenvalue weighted by atomic mass is 16.6. The van der Waals surface area contributed by atoms with Crippen LogP contribution in [0.2, 0.25) is 0 Å². The molecule has 126 valence electrons. The largest absolute Gasteiger partial charge is 0.485 e. The first-order chi connectivity index (χ1) is 11.7. The van der Waals surface area contributed by atoms with Crippen LogP contribution in [0.3, 0.4) is 0 Å². The van der Waals surface area contributed by atoms with Gasteiger partial charge in [0.05, 0.1) is 18.8 Å². The van der Waals surface area contributed by atoms with Crippen LogP contribution in [0.5, 0.6) is 11.5 Å². The molecule has 0 aliphatic carbocycles. The topological polar surface area (TPSA) is 56.6 Å². The number of rotatable bonds is 3. The zero-order valence-corrected chi connectivity index (χ0v) is 13.7. The first-order valence-electron chi connectivity index (χ1n) is 8.39. The molecular weight excluding hydrogens is 306 g/mol. The van der Waals surface area contributed by atoms with Crippen molar-refractivity contribution >= 4 is 5.91 Å². The Bertz CT molecular complexity index is 743. The number of hydrogen-bond donors (Lipinski definition) is 0. The molecule has 0 saturated carbocycles. The fraction of sp³-hybridized carbons (Fsp3) is 0.444. The Morgan fingerprint density at radius 2 is 2.17 bits per heavy atom. The molecule has 0 bridgehead atoms. The number of amides is 1. The van der Waals surface area contributed by atoms with Crippen molar-refractivity contribution in [1.29, 1.82) is 0 Å². The Morgan fingerprint density at radius 3 is 2.96 bits per heavy atom. The summed E-state index contributed by atoms with van der Waals surface area (Å²) < 4.78 is 13.5. The molecular formula is C18H21N3O3. The molecule has 2 aliphatic rings. The van der Waals surface area contributed by atoms with Gasteiger partial charge < -0.3 is 14.4 Å². The number of para-hydroxylation sites is 2. The van der Waals surface area contributed by atoms with Crippen molar-refractivity contribution in [3.63, 3.8) is 0 Å². The fourth-order valence-corrected chi connectivity index (χ4v) is 3.42. The maximum atomic E-state index is 12.9. The molecule has 6 heteroatoms. The number of carbonyl (C=O) groups is 1. The van der Waals surface area contributed by atoms with Crippen LogP contribution in [0.1, 0.15) is 18.4 Å². The number of nitrogens with zero attached hydrogens (tertiary/aromatic N) is 3. The highest BCUT2D eigenvalue weighted by Gasteiger charge is 2.36.